The van der Waals surface area contributed by atoms with Gasteiger partial charge in [-0.3, -0.25) is 0 Å². The molecule has 0 aliphatic carbocycles. The van der Waals surface area contributed by atoms with Gasteiger partial charge in [0.05, 0.1) is 6.61 Å². The number of unbranched alkanes of at least 4 members (excludes halogenated alkanes) is 1. The Morgan fingerprint density at radius 1 is 1.16 bits per heavy atom. The largest absolute Gasteiger partial charge is 0.475 e. The molecule has 0 aliphatic rings. The molecule has 1 rings (SSSR count). The predicted molar refractivity (Wildman–Crippen MR) is 77.6 cm³/mol. The fourth-order valence-corrected chi connectivity index (χ4v) is 1.71. The molecule has 0 atom stereocenters. The molecule has 0 aliphatic heterocycles. The lowest BCUT2D eigenvalue weighted by molar-refractivity contribution is 0.0964. The zero-order valence-electron chi connectivity index (χ0n) is 12.4. The Hall–Kier alpha value is -1.13. The molecule has 0 amide bonds. The van der Waals surface area contributed by atoms with Gasteiger partial charge in [-0.1, -0.05) is 20.3 Å². The van der Waals surface area contributed by atoms with Gasteiger partial charge >= 0.3 is 0 Å². The first-order valence-electron chi connectivity index (χ1n) is 7.15. The number of hydrogen-bond acceptors (Lipinski definition) is 4. The molecule has 0 radical (unpaired) electrons. The molecule has 1 heterocycles. The van der Waals surface area contributed by atoms with Crippen LogP contribution in [0.5, 0.6) is 5.88 Å². The number of rotatable bonds is 10. The van der Waals surface area contributed by atoms with Crippen LogP contribution in [0.2, 0.25) is 0 Å². The van der Waals surface area contributed by atoms with Crippen LogP contribution in [0.4, 0.5) is 0 Å². The molecular formula is C15H26N2O2. The van der Waals surface area contributed by atoms with Gasteiger partial charge in [-0.25, -0.2) is 4.98 Å². The average molecular weight is 266 g/mol. The molecule has 4 heteroatoms. The zero-order chi connectivity index (χ0) is 13.9. The summed E-state index contributed by atoms with van der Waals surface area (Å²) in [6, 6.07) is 4.06. The minimum absolute atomic E-state index is 0.556. The molecule has 0 unspecified atom stereocenters. The van der Waals surface area contributed by atoms with Crippen molar-refractivity contribution in [3.05, 3.63) is 23.4 Å². The summed E-state index contributed by atoms with van der Waals surface area (Å²) in [5.41, 5.74) is 2.19. The van der Waals surface area contributed by atoms with Crippen molar-refractivity contribution < 1.29 is 9.47 Å². The van der Waals surface area contributed by atoms with Gasteiger partial charge in [-0.15, -0.1) is 0 Å². The summed E-state index contributed by atoms with van der Waals surface area (Å²) in [4.78, 5) is 4.37. The van der Waals surface area contributed by atoms with E-state index in [9.17, 15) is 0 Å². The van der Waals surface area contributed by atoms with Gasteiger partial charge < -0.3 is 14.8 Å². The number of nitrogens with one attached hydrogen (secondary N) is 1. The van der Waals surface area contributed by atoms with Crippen LogP contribution in [0.25, 0.3) is 0 Å². The molecule has 0 aromatic carbocycles. The molecular weight excluding hydrogens is 240 g/mol. The number of aryl methyl sites for hydroxylation is 1. The maximum Gasteiger partial charge on any atom is 0.213 e. The molecule has 0 fully saturated rings. The molecule has 1 N–H and O–H groups in total. The van der Waals surface area contributed by atoms with Crippen LogP contribution < -0.4 is 10.1 Å². The molecule has 0 saturated carbocycles. The van der Waals surface area contributed by atoms with E-state index in [0.717, 1.165) is 38.2 Å². The van der Waals surface area contributed by atoms with Crippen molar-refractivity contribution in [3.63, 3.8) is 0 Å². The number of pyridine rings is 1. The first-order valence-corrected chi connectivity index (χ1v) is 7.15. The van der Waals surface area contributed by atoms with Gasteiger partial charge in [-0.05, 0) is 31.5 Å². The van der Waals surface area contributed by atoms with E-state index < -0.39 is 0 Å². The number of ether oxygens (including phenoxy) is 2. The summed E-state index contributed by atoms with van der Waals surface area (Å²) in [7, 11) is 0. The van der Waals surface area contributed by atoms with Gasteiger partial charge in [0.1, 0.15) is 6.61 Å². The van der Waals surface area contributed by atoms with Gasteiger partial charge in [-0.2, -0.15) is 0 Å². The minimum atomic E-state index is 0.556. The SMILES string of the molecule is CCCCOCCOc1cc(CNCC)cc(C)n1. The lowest BCUT2D eigenvalue weighted by Crippen LogP contribution is -2.13. The fraction of sp³-hybridized carbons (Fsp3) is 0.667. The number of hydrogen-bond donors (Lipinski definition) is 1. The monoisotopic (exact) mass is 266 g/mol. The van der Waals surface area contributed by atoms with E-state index in [1.54, 1.807) is 0 Å². The van der Waals surface area contributed by atoms with Crippen LogP contribution in [0.1, 0.15) is 37.9 Å². The van der Waals surface area contributed by atoms with Gasteiger partial charge in [0.2, 0.25) is 5.88 Å². The van der Waals surface area contributed by atoms with Crippen molar-refractivity contribution in [1.82, 2.24) is 10.3 Å². The first-order chi connectivity index (χ1) is 9.26. The van der Waals surface area contributed by atoms with Gasteiger partial charge in [0, 0.05) is 24.9 Å². The standard InChI is InChI=1S/C15H26N2O2/c1-4-6-7-18-8-9-19-15-11-14(12-16-5-2)10-13(3)17-15/h10-11,16H,4-9,12H2,1-3H3. The van der Waals surface area contributed by atoms with Crippen molar-refractivity contribution in [3.8, 4) is 5.88 Å². The summed E-state index contributed by atoms with van der Waals surface area (Å²) >= 11 is 0. The Bertz CT molecular complexity index is 356. The predicted octanol–water partition coefficient (Wildman–Crippen LogP) is 2.70. The molecule has 0 saturated heterocycles. The van der Waals surface area contributed by atoms with Crippen LogP contribution in [-0.2, 0) is 11.3 Å². The number of nitrogens with zero attached hydrogens (tertiary/aromatic N) is 1. The second-order valence-corrected chi connectivity index (χ2v) is 4.55. The van der Waals surface area contributed by atoms with Crippen molar-refractivity contribution in [2.45, 2.75) is 40.2 Å². The summed E-state index contributed by atoms with van der Waals surface area (Å²) in [5.74, 6) is 0.687. The minimum Gasteiger partial charge on any atom is -0.475 e. The maximum atomic E-state index is 5.62. The molecule has 108 valence electrons. The van der Waals surface area contributed by atoms with E-state index in [2.05, 4.69) is 30.2 Å². The molecule has 0 spiro atoms. The molecule has 1 aromatic heterocycles. The highest BCUT2D eigenvalue weighted by Gasteiger charge is 2.01. The van der Waals surface area contributed by atoms with Crippen molar-refractivity contribution in [2.75, 3.05) is 26.4 Å². The topological polar surface area (TPSA) is 43.4 Å². The Kier molecular flexibility index (Phi) is 8.18. The third-order valence-electron chi connectivity index (χ3n) is 2.69. The molecule has 19 heavy (non-hydrogen) atoms. The smallest absolute Gasteiger partial charge is 0.213 e. The van der Waals surface area contributed by atoms with E-state index in [0.29, 0.717) is 19.1 Å². The highest BCUT2D eigenvalue weighted by Crippen LogP contribution is 2.12. The van der Waals surface area contributed by atoms with Crippen LogP contribution in [-0.4, -0.2) is 31.3 Å². The van der Waals surface area contributed by atoms with Gasteiger partial charge in [0.15, 0.2) is 0 Å². The van der Waals surface area contributed by atoms with Gasteiger partial charge in [0.25, 0.3) is 0 Å². The van der Waals surface area contributed by atoms with Crippen molar-refractivity contribution in [2.24, 2.45) is 0 Å². The normalized spacial score (nSPS) is 10.7. The highest BCUT2D eigenvalue weighted by atomic mass is 16.5. The fourth-order valence-electron chi connectivity index (χ4n) is 1.71. The van der Waals surface area contributed by atoms with Crippen LogP contribution in [0.3, 0.4) is 0 Å². The van der Waals surface area contributed by atoms with Crippen LogP contribution in [0.15, 0.2) is 12.1 Å². The van der Waals surface area contributed by atoms with E-state index in [4.69, 9.17) is 9.47 Å². The zero-order valence-corrected chi connectivity index (χ0v) is 12.4. The van der Waals surface area contributed by atoms with E-state index >= 15 is 0 Å². The Morgan fingerprint density at radius 2 is 2.00 bits per heavy atom. The molecule has 4 nitrogen and oxygen atoms in total. The van der Waals surface area contributed by atoms with Crippen molar-refractivity contribution in [1.29, 1.82) is 0 Å². The Morgan fingerprint density at radius 3 is 2.74 bits per heavy atom. The van der Waals surface area contributed by atoms with E-state index in [-0.39, 0.29) is 0 Å². The summed E-state index contributed by atoms with van der Waals surface area (Å²) < 4.78 is 11.1. The van der Waals surface area contributed by atoms with E-state index in [1.807, 2.05) is 13.0 Å². The molecule has 0 bridgehead atoms. The third-order valence-corrected chi connectivity index (χ3v) is 2.69. The van der Waals surface area contributed by atoms with Crippen LogP contribution >= 0.6 is 0 Å². The Balaban J connectivity index is 2.34. The lowest BCUT2D eigenvalue weighted by atomic mass is 10.2. The first kappa shape index (κ1) is 15.9. The summed E-state index contributed by atoms with van der Waals surface area (Å²) in [6.45, 7) is 10.0. The number of aromatic nitrogens is 1. The molecule has 1 aromatic rings. The maximum absolute atomic E-state index is 5.62. The summed E-state index contributed by atoms with van der Waals surface area (Å²) in [6.07, 6.45) is 2.27. The third kappa shape index (κ3) is 7.13. The highest BCUT2D eigenvalue weighted by molar-refractivity contribution is 5.24. The van der Waals surface area contributed by atoms with E-state index in [1.165, 1.54) is 5.56 Å². The van der Waals surface area contributed by atoms with Crippen molar-refractivity contribution >= 4 is 0 Å². The van der Waals surface area contributed by atoms with Crippen LogP contribution in [0, 0.1) is 6.92 Å². The quantitative estimate of drug-likeness (QED) is 0.661. The Labute approximate surface area is 116 Å². The lowest BCUT2D eigenvalue weighted by Gasteiger charge is -2.09. The summed E-state index contributed by atoms with van der Waals surface area (Å²) in [5, 5.41) is 3.30. The second kappa shape index (κ2) is 9.75. The second-order valence-electron chi connectivity index (χ2n) is 4.55. The average Bonchev–Trinajstić information content (AvgIpc) is 2.40.